The number of hydrogen-bond acceptors (Lipinski definition) is 2. The van der Waals surface area contributed by atoms with Crippen LogP contribution in [-0.2, 0) is 0 Å². The van der Waals surface area contributed by atoms with Crippen LogP contribution in [0.4, 0.5) is 5.69 Å². The molecular weight excluding hydrogens is 342 g/mol. The van der Waals surface area contributed by atoms with Crippen molar-refractivity contribution in [1.82, 2.24) is 9.38 Å². The van der Waals surface area contributed by atoms with E-state index >= 15 is 0 Å². The topological polar surface area (TPSA) is 46.4 Å². The quantitative estimate of drug-likeness (QED) is 0.744. The number of fused-ring (bicyclic) bond motifs is 1. The first-order chi connectivity index (χ1) is 10.5. The lowest BCUT2D eigenvalue weighted by Gasteiger charge is -2.08. The number of anilines is 1. The molecule has 3 rings (SSSR count). The van der Waals surface area contributed by atoms with Crippen molar-refractivity contribution in [3.05, 3.63) is 63.5 Å². The Hall–Kier alpha value is -2.14. The first kappa shape index (κ1) is 14.8. The van der Waals surface area contributed by atoms with Crippen molar-refractivity contribution in [2.75, 3.05) is 5.32 Å². The Kier molecular flexibility index (Phi) is 3.74. The second kappa shape index (κ2) is 5.57. The van der Waals surface area contributed by atoms with Crippen molar-refractivity contribution in [3.63, 3.8) is 0 Å². The zero-order valence-corrected chi connectivity index (χ0v) is 14.2. The lowest BCUT2D eigenvalue weighted by atomic mass is 10.2. The molecule has 0 fully saturated rings. The van der Waals surface area contributed by atoms with E-state index in [1.165, 1.54) is 0 Å². The highest BCUT2D eigenvalue weighted by atomic mass is 79.9. The van der Waals surface area contributed by atoms with E-state index in [4.69, 9.17) is 0 Å². The lowest BCUT2D eigenvalue weighted by Crippen LogP contribution is -2.15. The molecule has 0 radical (unpaired) electrons. The molecule has 0 atom stereocenters. The van der Waals surface area contributed by atoms with E-state index < -0.39 is 0 Å². The van der Waals surface area contributed by atoms with Crippen molar-refractivity contribution in [2.24, 2.45) is 0 Å². The molecular formula is C17H16BrN3O. The van der Waals surface area contributed by atoms with E-state index in [2.05, 4.69) is 26.2 Å². The Morgan fingerprint density at radius 1 is 1.18 bits per heavy atom. The maximum atomic E-state index is 12.6. The highest BCUT2D eigenvalue weighted by molar-refractivity contribution is 9.10. The van der Waals surface area contributed by atoms with Crippen molar-refractivity contribution >= 4 is 33.2 Å². The third kappa shape index (κ3) is 2.52. The summed E-state index contributed by atoms with van der Waals surface area (Å²) >= 11 is 3.46. The highest BCUT2D eigenvalue weighted by Crippen LogP contribution is 2.21. The first-order valence-corrected chi connectivity index (χ1v) is 7.78. The van der Waals surface area contributed by atoms with Gasteiger partial charge in [-0.25, -0.2) is 4.98 Å². The van der Waals surface area contributed by atoms with E-state index in [1.807, 2.05) is 61.7 Å². The molecule has 2 heterocycles. The van der Waals surface area contributed by atoms with Gasteiger partial charge in [0.05, 0.1) is 5.69 Å². The lowest BCUT2D eigenvalue weighted by molar-refractivity contribution is 0.102. The van der Waals surface area contributed by atoms with Crippen LogP contribution in [-0.4, -0.2) is 15.3 Å². The van der Waals surface area contributed by atoms with E-state index in [9.17, 15) is 4.79 Å². The molecule has 112 valence electrons. The minimum absolute atomic E-state index is 0.155. The molecule has 0 spiro atoms. The van der Waals surface area contributed by atoms with Gasteiger partial charge in [-0.2, -0.15) is 0 Å². The number of imidazole rings is 1. The summed E-state index contributed by atoms with van der Waals surface area (Å²) < 4.78 is 2.86. The molecule has 4 nitrogen and oxygen atoms in total. The molecule has 3 aromatic rings. The number of carbonyl (C=O) groups is 1. The monoisotopic (exact) mass is 357 g/mol. The smallest absolute Gasteiger partial charge is 0.274 e. The summed E-state index contributed by atoms with van der Waals surface area (Å²) in [5, 5.41) is 2.94. The highest BCUT2D eigenvalue weighted by Gasteiger charge is 2.17. The number of hydrogen-bond donors (Lipinski definition) is 1. The molecule has 0 saturated carbocycles. The normalized spacial score (nSPS) is 10.9. The van der Waals surface area contributed by atoms with Gasteiger partial charge in [-0.05, 0) is 56.2 Å². The van der Waals surface area contributed by atoms with Gasteiger partial charge in [-0.15, -0.1) is 0 Å². The van der Waals surface area contributed by atoms with Crippen LogP contribution in [0.5, 0.6) is 0 Å². The number of aryl methyl sites for hydroxylation is 3. The SMILES string of the molecule is Cc1cc(NC(=O)c2c(C)nc3c(C)cccn23)ccc1Br. The Balaban J connectivity index is 2.00. The molecule has 1 N–H and O–H groups in total. The molecule has 0 aliphatic carbocycles. The number of aromatic nitrogens is 2. The number of rotatable bonds is 2. The van der Waals surface area contributed by atoms with Crippen LogP contribution in [0.15, 0.2) is 41.0 Å². The Morgan fingerprint density at radius 2 is 1.95 bits per heavy atom. The van der Waals surface area contributed by atoms with E-state index in [1.54, 1.807) is 0 Å². The summed E-state index contributed by atoms with van der Waals surface area (Å²) in [6.07, 6.45) is 1.87. The first-order valence-electron chi connectivity index (χ1n) is 6.99. The van der Waals surface area contributed by atoms with Gasteiger partial charge in [0.2, 0.25) is 0 Å². The van der Waals surface area contributed by atoms with Gasteiger partial charge in [0, 0.05) is 16.4 Å². The fraction of sp³-hybridized carbons (Fsp3) is 0.176. The van der Waals surface area contributed by atoms with E-state index in [-0.39, 0.29) is 5.91 Å². The summed E-state index contributed by atoms with van der Waals surface area (Å²) in [4.78, 5) is 17.1. The Labute approximate surface area is 137 Å². The number of nitrogens with zero attached hydrogens (tertiary/aromatic N) is 2. The van der Waals surface area contributed by atoms with Crippen molar-refractivity contribution in [3.8, 4) is 0 Å². The summed E-state index contributed by atoms with van der Waals surface area (Å²) in [7, 11) is 0. The Morgan fingerprint density at radius 3 is 2.68 bits per heavy atom. The Bertz CT molecular complexity index is 883. The number of benzene rings is 1. The molecule has 5 heteroatoms. The summed E-state index contributed by atoms with van der Waals surface area (Å²) in [5.74, 6) is -0.155. The van der Waals surface area contributed by atoms with Gasteiger partial charge < -0.3 is 5.32 Å². The van der Waals surface area contributed by atoms with Crippen LogP contribution in [0.3, 0.4) is 0 Å². The summed E-state index contributed by atoms with van der Waals surface area (Å²) in [6, 6.07) is 9.65. The van der Waals surface area contributed by atoms with Crippen LogP contribution >= 0.6 is 15.9 Å². The zero-order chi connectivity index (χ0) is 15.9. The number of amides is 1. The average molecular weight is 358 g/mol. The fourth-order valence-electron chi connectivity index (χ4n) is 2.50. The van der Waals surface area contributed by atoms with Crippen LogP contribution in [0.25, 0.3) is 5.65 Å². The number of pyridine rings is 1. The van der Waals surface area contributed by atoms with Crippen LogP contribution in [0, 0.1) is 20.8 Å². The van der Waals surface area contributed by atoms with Crippen LogP contribution in [0.1, 0.15) is 27.3 Å². The second-order valence-corrected chi connectivity index (χ2v) is 6.20. The number of carbonyl (C=O) groups excluding carboxylic acids is 1. The largest absolute Gasteiger partial charge is 0.321 e. The molecule has 0 aliphatic heterocycles. The predicted molar refractivity (Wildman–Crippen MR) is 91.5 cm³/mol. The fourth-order valence-corrected chi connectivity index (χ4v) is 2.75. The van der Waals surface area contributed by atoms with Crippen LogP contribution in [0.2, 0.25) is 0 Å². The number of nitrogens with one attached hydrogen (secondary N) is 1. The van der Waals surface area contributed by atoms with Gasteiger partial charge in [-0.1, -0.05) is 22.0 Å². The summed E-state index contributed by atoms with van der Waals surface area (Å²) in [6.45, 7) is 5.83. The molecule has 2 aromatic heterocycles. The van der Waals surface area contributed by atoms with Gasteiger partial charge in [0.25, 0.3) is 5.91 Å². The predicted octanol–water partition coefficient (Wildman–Crippen LogP) is 4.27. The van der Waals surface area contributed by atoms with E-state index in [0.29, 0.717) is 5.69 Å². The van der Waals surface area contributed by atoms with E-state index in [0.717, 1.165) is 32.6 Å². The number of halogens is 1. The average Bonchev–Trinajstić information content (AvgIpc) is 2.81. The van der Waals surface area contributed by atoms with Gasteiger partial charge >= 0.3 is 0 Å². The molecule has 1 amide bonds. The van der Waals surface area contributed by atoms with Gasteiger partial charge in [0.1, 0.15) is 11.3 Å². The van der Waals surface area contributed by atoms with Crippen molar-refractivity contribution in [1.29, 1.82) is 0 Å². The third-order valence-electron chi connectivity index (χ3n) is 3.65. The molecule has 0 unspecified atom stereocenters. The standard InChI is InChI=1S/C17H16BrN3O/c1-10-5-4-8-21-15(12(3)19-16(10)21)17(22)20-13-6-7-14(18)11(2)9-13/h4-9H,1-3H3,(H,20,22). The molecule has 0 bridgehead atoms. The van der Waals surface area contributed by atoms with Gasteiger partial charge in [-0.3, -0.25) is 9.20 Å². The van der Waals surface area contributed by atoms with Crippen LogP contribution < -0.4 is 5.32 Å². The van der Waals surface area contributed by atoms with Crippen molar-refractivity contribution in [2.45, 2.75) is 20.8 Å². The maximum Gasteiger partial charge on any atom is 0.274 e. The maximum absolute atomic E-state index is 12.6. The summed E-state index contributed by atoms with van der Waals surface area (Å²) in [5.41, 5.74) is 5.00. The second-order valence-electron chi connectivity index (χ2n) is 5.35. The van der Waals surface area contributed by atoms with Gasteiger partial charge in [0.15, 0.2) is 0 Å². The molecule has 22 heavy (non-hydrogen) atoms. The minimum Gasteiger partial charge on any atom is -0.321 e. The third-order valence-corrected chi connectivity index (χ3v) is 4.54. The zero-order valence-electron chi connectivity index (χ0n) is 12.6. The molecule has 1 aromatic carbocycles. The minimum atomic E-state index is -0.155. The molecule has 0 saturated heterocycles. The van der Waals surface area contributed by atoms with Crippen molar-refractivity contribution < 1.29 is 4.79 Å². The molecule has 0 aliphatic rings.